The molecule has 0 saturated carbocycles. The molecule has 0 aromatic heterocycles. The second-order valence-electron chi connectivity index (χ2n) is 21.7. The number of aliphatic hydroxyl groups is 16. The SMILES string of the molecule is CCC(=O)C[C@H](CC(=O)C[C@@H](CCC(=O)O)C(=O)N[C@H](CC(=O)N[C@@H](CCC(=O)O)C(=O)C[C@H](CC(=O)C[C@@H](CCC(=O)O)C(=O)N[C@H](CC(=O)N[C@@H](CS)C(=O)O)[C@@H](O)[C@H](O)[C@H](O)CO)[C@@H](O)[C@H](O)[C@H](O)CO)[C@@H](O)[C@H](O)[C@H](O)CO)[C@@H](O)[C@H](O)[C@H](O)CO. The van der Waals surface area contributed by atoms with Gasteiger partial charge < -0.3 is 123 Å². The van der Waals surface area contributed by atoms with Crippen LogP contribution in [0.5, 0.6) is 0 Å². The maximum absolute atomic E-state index is 14.2. The van der Waals surface area contributed by atoms with Crippen molar-refractivity contribution in [3.05, 3.63) is 0 Å². The van der Waals surface area contributed by atoms with E-state index in [1.54, 1.807) is 0 Å². The van der Waals surface area contributed by atoms with Crippen molar-refractivity contribution in [2.24, 2.45) is 23.7 Å². The highest BCUT2D eigenvalue weighted by Gasteiger charge is 2.41. The molecule has 0 spiro atoms. The van der Waals surface area contributed by atoms with Crippen LogP contribution in [0.1, 0.15) is 103 Å². The van der Waals surface area contributed by atoms with Gasteiger partial charge in [0.25, 0.3) is 0 Å². The maximum Gasteiger partial charge on any atom is 0.327 e. The first-order valence-corrected chi connectivity index (χ1v) is 28.9. The standard InChI is InChI=1S/C53H88N4O32S/c1-2-26(62)11-24(43(78)47(82)34(66)17-58)12-27(63)9-22(3-6-40(72)73)51(86)56-30(45(80)49(84)36(68)19-60)15-38(70)54-29(5-8-42(76)77)33(65)14-25(44(79)48(83)35(67)18-59)13-28(64)10-23(4-7-41(74)75)52(87)57-31(46(81)50(85)37(69)20-61)16-39(71)55-32(21-90)53(88)89/h22-25,29-32,34-37,43-50,58-61,66-69,78-85,90H,2-21H2,1H3,(H,54,70)(H,55,71)(H,56,86)(H,57,87)(H,72,73)(H,74,75)(H,76,77)(H,88,89)/t22-,23-,24-,25+,29+,30-,31-,32+,34-,35-,36-,37-,43-,44-,45-,46-,47-,48-,49-,50-/m1/s1. The molecule has 90 heavy (non-hydrogen) atoms. The van der Waals surface area contributed by atoms with E-state index < -0.39 is 314 Å². The summed E-state index contributed by atoms with van der Waals surface area (Å²) in [4.78, 5) is 156. The normalized spacial score (nSPS) is 18.4. The summed E-state index contributed by atoms with van der Waals surface area (Å²) in [7, 11) is 0. The van der Waals surface area contributed by atoms with Gasteiger partial charge in [0, 0.05) is 106 Å². The van der Waals surface area contributed by atoms with Crippen LogP contribution in [0.3, 0.4) is 0 Å². The first-order valence-electron chi connectivity index (χ1n) is 28.3. The second kappa shape index (κ2) is 43.1. The van der Waals surface area contributed by atoms with Crippen LogP contribution < -0.4 is 21.3 Å². The molecular weight excluding hydrogens is 1240 g/mol. The Morgan fingerprint density at radius 3 is 0.989 bits per heavy atom. The molecule has 0 fully saturated rings. The zero-order chi connectivity index (χ0) is 69.4. The highest BCUT2D eigenvalue weighted by Crippen LogP contribution is 2.27. The van der Waals surface area contributed by atoms with Crippen LogP contribution in [-0.4, -0.2) is 302 Å². The molecule has 4 amide bonds. The van der Waals surface area contributed by atoms with Gasteiger partial charge in [0.2, 0.25) is 23.6 Å². The average Bonchev–Trinajstić information content (AvgIpc) is 2.79. The predicted octanol–water partition coefficient (Wildman–Crippen LogP) is -9.89. The molecule has 0 aromatic rings. The number of ketones is 4. The lowest BCUT2D eigenvalue weighted by atomic mass is 9.82. The van der Waals surface area contributed by atoms with Crippen molar-refractivity contribution in [3.8, 4) is 0 Å². The molecule has 0 rings (SSSR count). The van der Waals surface area contributed by atoms with Gasteiger partial charge in [-0.05, 0) is 19.3 Å². The zero-order valence-electron chi connectivity index (χ0n) is 49.0. The Labute approximate surface area is 519 Å². The van der Waals surface area contributed by atoms with E-state index in [0.29, 0.717) is 0 Å². The van der Waals surface area contributed by atoms with Crippen molar-refractivity contribution in [3.63, 3.8) is 0 Å². The Balaban J connectivity index is 7.39. The summed E-state index contributed by atoms with van der Waals surface area (Å²) in [5, 5.41) is 211. The molecule has 0 aromatic carbocycles. The average molecular weight is 1330 g/mol. The van der Waals surface area contributed by atoms with E-state index in [1.807, 2.05) is 5.32 Å². The molecule has 0 unspecified atom stereocenters. The molecule has 0 aliphatic heterocycles. The number of carboxylic acids is 4. The topological polar surface area (TPSA) is 658 Å². The van der Waals surface area contributed by atoms with Crippen LogP contribution in [0.25, 0.3) is 0 Å². The second-order valence-corrected chi connectivity index (χ2v) is 22.1. The molecule has 0 bridgehead atoms. The van der Waals surface area contributed by atoms with Crippen molar-refractivity contribution in [2.75, 3.05) is 32.2 Å². The number of rotatable bonds is 51. The van der Waals surface area contributed by atoms with E-state index in [-0.39, 0.29) is 6.42 Å². The molecule has 0 heterocycles. The monoisotopic (exact) mass is 1320 g/mol. The van der Waals surface area contributed by atoms with Crippen LogP contribution in [-0.2, 0) is 57.5 Å². The van der Waals surface area contributed by atoms with E-state index in [1.165, 1.54) is 6.92 Å². The molecule has 518 valence electrons. The molecule has 36 nitrogen and oxygen atoms in total. The fraction of sp³-hybridized carbons (Fsp3) is 0.774. The summed E-state index contributed by atoms with van der Waals surface area (Å²) in [5.41, 5.74) is 0. The van der Waals surface area contributed by atoms with Gasteiger partial charge >= 0.3 is 23.9 Å². The number of hydrogen-bond donors (Lipinski definition) is 25. The third-order valence-electron chi connectivity index (χ3n) is 14.6. The van der Waals surface area contributed by atoms with E-state index >= 15 is 0 Å². The summed E-state index contributed by atoms with van der Waals surface area (Å²) < 4.78 is 0. The Morgan fingerprint density at radius 1 is 0.367 bits per heavy atom. The predicted molar refractivity (Wildman–Crippen MR) is 301 cm³/mol. The number of carboxylic acid groups (broad SMARTS) is 4. The summed E-state index contributed by atoms with van der Waals surface area (Å²) in [5.74, 6) is -23.1. The number of aliphatic hydroxyl groups excluding tert-OH is 16. The molecule has 0 aliphatic rings. The lowest BCUT2D eigenvalue weighted by Crippen LogP contribution is -2.56. The number of amides is 4. The summed E-state index contributed by atoms with van der Waals surface area (Å²) in [6.45, 7) is -3.35. The van der Waals surface area contributed by atoms with Crippen LogP contribution in [0.2, 0.25) is 0 Å². The first-order chi connectivity index (χ1) is 41.9. The number of Topliss-reactive ketones (excluding diaryl/α,β-unsaturated/α-hetero) is 4. The molecular formula is C53H88N4O32S. The summed E-state index contributed by atoms with van der Waals surface area (Å²) >= 11 is 3.81. The van der Waals surface area contributed by atoms with Gasteiger partial charge in [-0.3, -0.25) is 52.7 Å². The number of nitrogens with one attached hydrogen (secondary N) is 4. The Kier molecular flexibility index (Phi) is 40.3. The molecule has 24 N–H and O–H groups in total. The molecule has 0 aliphatic carbocycles. The van der Waals surface area contributed by atoms with Crippen LogP contribution in [0.15, 0.2) is 0 Å². The van der Waals surface area contributed by atoms with Crippen molar-refractivity contribution in [2.45, 2.75) is 201 Å². The van der Waals surface area contributed by atoms with Crippen molar-refractivity contribution in [1.29, 1.82) is 0 Å². The van der Waals surface area contributed by atoms with E-state index in [0.717, 1.165) is 0 Å². The van der Waals surface area contributed by atoms with Gasteiger partial charge in [0.05, 0.1) is 56.8 Å². The molecule has 37 heteroatoms. The minimum atomic E-state index is -2.49. The minimum Gasteiger partial charge on any atom is -0.481 e. The molecule has 20 atom stereocenters. The fourth-order valence-corrected chi connectivity index (χ4v) is 9.43. The third kappa shape index (κ3) is 30.5. The van der Waals surface area contributed by atoms with Gasteiger partial charge in [-0.25, -0.2) is 4.79 Å². The zero-order valence-corrected chi connectivity index (χ0v) is 49.9. The highest BCUT2D eigenvalue weighted by atomic mass is 32.1. The van der Waals surface area contributed by atoms with Gasteiger partial charge in [0.15, 0.2) is 5.78 Å². The van der Waals surface area contributed by atoms with Gasteiger partial charge in [-0.15, -0.1) is 0 Å². The van der Waals surface area contributed by atoms with E-state index in [2.05, 4.69) is 28.6 Å². The first kappa shape index (κ1) is 84.1. The van der Waals surface area contributed by atoms with Crippen LogP contribution in [0, 0.1) is 23.7 Å². The van der Waals surface area contributed by atoms with Gasteiger partial charge in [-0.1, -0.05) is 6.92 Å². The summed E-state index contributed by atoms with van der Waals surface area (Å²) in [6, 6.07) is -7.87. The molecule has 0 radical (unpaired) electrons. The van der Waals surface area contributed by atoms with Crippen LogP contribution >= 0.6 is 12.6 Å². The Morgan fingerprint density at radius 2 is 0.678 bits per heavy atom. The lowest BCUT2D eigenvalue weighted by molar-refractivity contribution is -0.142. The molecule has 0 saturated heterocycles. The number of carbonyl (C=O) groups is 12. The quantitative estimate of drug-likeness (QED) is 0.0252. The highest BCUT2D eigenvalue weighted by molar-refractivity contribution is 7.80. The minimum absolute atomic E-state index is 0.130. The Hall–Kier alpha value is -5.85. The largest absolute Gasteiger partial charge is 0.481 e. The fourth-order valence-electron chi connectivity index (χ4n) is 9.18. The van der Waals surface area contributed by atoms with Crippen molar-refractivity contribution in [1.82, 2.24) is 21.3 Å². The van der Waals surface area contributed by atoms with E-state index in [4.69, 9.17) is 0 Å². The van der Waals surface area contributed by atoms with Crippen molar-refractivity contribution < 1.29 is 160 Å². The number of thiol groups is 1. The van der Waals surface area contributed by atoms with Crippen molar-refractivity contribution >= 4 is 83.3 Å². The lowest BCUT2D eigenvalue weighted by Gasteiger charge is -2.32. The van der Waals surface area contributed by atoms with Crippen LogP contribution in [0.4, 0.5) is 0 Å². The maximum atomic E-state index is 14.2. The van der Waals surface area contributed by atoms with E-state index in [9.17, 15) is 160 Å². The smallest absolute Gasteiger partial charge is 0.327 e. The third-order valence-corrected chi connectivity index (χ3v) is 15.0. The Bertz CT molecular complexity index is 2340. The van der Waals surface area contributed by atoms with Gasteiger partial charge in [-0.2, -0.15) is 12.6 Å². The summed E-state index contributed by atoms with van der Waals surface area (Å²) in [6.07, 6.45) is -40.3. The number of hydrogen-bond acceptors (Lipinski definition) is 29. The number of aliphatic carboxylic acids is 4. The number of carbonyl (C=O) groups excluding carboxylic acids is 8. The van der Waals surface area contributed by atoms with Gasteiger partial charge in [0.1, 0.15) is 84.4 Å².